The Morgan fingerprint density at radius 2 is 2.08 bits per heavy atom. The normalized spacial score (nSPS) is 15.4. The molecule has 0 heterocycles. The van der Waals surface area contributed by atoms with Crippen LogP contribution in [0, 0.1) is 6.92 Å². The van der Waals surface area contributed by atoms with Crippen LogP contribution in [0.2, 0.25) is 0 Å². The molecule has 0 saturated carbocycles. The molecule has 13 heavy (non-hydrogen) atoms. The highest BCUT2D eigenvalue weighted by molar-refractivity contribution is 5.46. The molecule has 3 heteroatoms. The van der Waals surface area contributed by atoms with E-state index in [4.69, 9.17) is 16.6 Å². The lowest BCUT2D eigenvalue weighted by molar-refractivity contribution is 0.209. The topological polar surface area (TPSA) is 72.3 Å². The summed E-state index contributed by atoms with van der Waals surface area (Å²) >= 11 is 0. The maximum atomic E-state index is 9.10. The van der Waals surface area contributed by atoms with Crippen molar-refractivity contribution < 1.29 is 5.11 Å². The van der Waals surface area contributed by atoms with Crippen LogP contribution in [0.5, 0.6) is 0 Å². The highest BCUT2D eigenvalue weighted by atomic mass is 16.3. The van der Waals surface area contributed by atoms with Gasteiger partial charge in [-0.05, 0) is 37.1 Å². The van der Waals surface area contributed by atoms with Crippen molar-refractivity contribution in [1.29, 1.82) is 0 Å². The molecule has 1 aromatic rings. The summed E-state index contributed by atoms with van der Waals surface area (Å²) in [4.78, 5) is 0. The summed E-state index contributed by atoms with van der Waals surface area (Å²) in [6.07, 6.45) is 0. The van der Waals surface area contributed by atoms with Crippen LogP contribution >= 0.6 is 0 Å². The Morgan fingerprint density at radius 1 is 1.46 bits per heavy atom. The van der Waals surface area contributed by atoms with Gasteiger partial charge in [0, 0.05) is 5.69 Å². The molecule has 0 saturated heterocycles. The van der Waals surface area contributed by atoms with Crippen molar-refractivity contribution >= 4 is 5.69 Å². The molecular formula is C10H16N2O. The second kappa shape index (κ2) is 3.36. The molecule has 3 nitrogen and oxygen atoms in total. The maximum absolute atomic E-state index is 9.10. The maximum Gasteiger partial charge on any atom is 0.0650 e. The van der Waals surface area contributed by atoms with Crippen LogP contribution in [-0.2, 0) is 5.54 Å². The molecule has 0 radical (unpaired) electrons. The summed E-state index contributed by atoms with van der Waals surface area (Å²) in [6, 6.07) is 5.54. The zero-order chi connectivity index (χ0) is 10.1. The van der Waals surface area contributed by atoms with E-state index in [-0.39, 0.29) is 6.61 Å². The largest absolute Gasteiger partial charge is 0.399 e. The third kappa shape index (κ3) is 1.99. The van der Waals surface area contributed by atoms with Crippen LogP contribution in [0.1, 0.15) is 18.1 Å². The molecular weight excluding hydrogens is 164 g/mol. The third-order valence-corrected chi connectivity index (χ3v) is 2.21. The van der Waals surface area contributed by atoms with Crippen LogP contribution in [0.3, 0.4) is 0 Å². The van der Waals surface area contributed by atoms with Crippen LogP contribution in [0.4, 0.5) is 5.69 Å². The lowest BCUT2D eigenvalue weighted by atomic mass is 9.90. The fourth-order valence-corrected chi connectivity index (χ4v) is 1.34. The zero-order valence-electron chi connectivity index (χ0n) is 8.04. The Hall–Kier alpha value is -1.06. The number of nitrogen functional groups attached to an aromatic ring is 1. The monoisotopic (exact) mass is 180 g/mol. The zero-order valence-corrected chi connectivity index (χ0v) is 8.04. The standard InChI is InChI=1S/C10H16N2O/c1-7-3-4-8(11)5-9(7)10(2,12)6-13/h3-5,13H,6,11-12H2,1-2H3. The Morgan fingerprint density at radius 3 is 2.62 bits per heavy atom. The van der Waals surface area contributed by atoms with Crippen LogP contribution < -0.4 is 11.5 Å². The van der Waals surface area contributed by atoms with Gasteiger partial charge in [-0.1, -0.05) is 6.07 Å². The first-order valence-electron chi connectivity index (χ1n) is 4.24. The predicted octanol–water partition coefficient (Wildman–Crippen LogP) is 0.743. The summed E-state index contributed by atoms with van der Waals surface area (Å²) < 4.78 is 0. The number of hydrogen-bond acceptors (Lipinski definition) is 3. The molecule has 0 aliphatic carbocycles. The van der Waals surface area contributed by atoms with Gasteiger partial charge >= 0.3 is 0 Å². The van der Waals surface area contributed by atoms with E-state index in [9.17, 15) is 0 Å². The number of aryl methyl sites for hydroxylation is 1. The molecule has 1 unspecified atom stereocenters. The number of benzene rings is 1. The Balaban J connectivity index is 3.20. The Kier molecular flexibility index (Phi) is 2.59. The van der Waals surface area contributed by atoms with Gasteiger partial charge in [0.2, 0.25) is 0 Å². The minimum absolute atomic E-state index is 0.0860. The molecule has 1 atom stereocenters. The van der Waals surface area contributed by atoms with Crippen LogP contribution in [0.15, 0.2) is 18.2 Å². The summed E-state index contributed by atoms with van der Waals surface area (Å²) in [5, 5.41) is 9.10. The smallest absolute Gasteiger partial charge is 0.0650 e. The van der Waals surface area contributed by atoms with Gasteiger partial charge in [0.05, 0.1) is 12.1 Å². The number of rotatable bonds is 2. The van der Waals surface area contributed by atoms with Crippen molar-refractivity contribution in [1.82, 2.24) is 0 Å². The number of hydrogen-bond donors (Lipinski definition) is 3. The third-order valence-electron chi connectivity index (χ3n) is 2.21. The molecule has 5 N–H and O–H groups in total. The number of nitrogens with two attached hydrogens (primary N) is 2. The van der Waals surface area contributed by atoms with E-state index in [2.05, 4.69) is 0 Å². The van der Waals surface area contributed by atoms with E-state index in [1.54, 1.807) is 6.92 Å². The predicted molar refractivity (Wildman–Crippen MR) is 54.2 cm³/mol. The summed E-state index contributed by atoms with van der Waals surface area (Å²) in [5.41, 5.74) is 13.5. The minimum atomic E-state index is -0.709. The lowest BCUT2D eigenvalue weighted by Gasteiger charge is -2.24. The van der Waals surface area contributed by atoms with Crippen LogP contribution in [-0.4, -0.2) is 11.7 Å². The Bertz CT molecular complexity index is 308. The summed E-state index contributed by atoms with van der Waals surface area (Å²) in [7, 11) is 0. The minimum Gasteiger partial charge on any atom is -0.399 e. The quantitative estimate of drug-likeness (QED) is 0.588. The Labute approximate surface area is 78.4 Å². The van der Waals surface area contributed by atoms with Crippen molar-refractivity contribution in [3.8, 4) is 0 Å². The van der Waals surface area contributed by atoms with E-state index in [1.807, 2.05) is 25.1 Å². The highest BCUT2D eigenvalue weighted by Crippen LogP contribution is 2.23. The van der Waals surface area contributed by atoms with Gasteiger partial charge < -0.3 is 16.6 Å². The summed E-state index contributed by atoms with van der Waals surface area (Å²) in [6.45, 7) is 3.65. The van der Waals surface area contributed by atoms with Crippen molar-refractivity contribution in [3.05, 3.63) is 29.3 Å². The first kappa shape index (κ1) is 10.0. The first-order valence-corrected chi connectivity index (χ1v) is 4.24. The van der Waals surface area contributed by atoms with Gasteiger partial charge in [0.1, 0.15) is 0 Å². The molecule has 0 amide bonds. The van der Waals surface area contributed by atoms with Crippen molar-refractivity contribution in [2.24, 2.45) is 5.73 Å². The van der Waals surface area contributed by atoms with E-state index in [0.29, 0.717) is 5.69 Å². The SMILES string of the molecule is Cc1ccc(N)cc1C(C)(N)CO. The van der Waals surface area contributed by atoms with Crippen molar-refractivity contribution in [3.63, 3.8) is 0 Å². The molecule has 0 bridgehead atoms. The van der Waals surface area contributed by atoms with Gasteiger partial charge in [0.25, 0.3) is 0 Å². The number of aliphatic hydroxyl groups is 1. The van der Waals surface area contributed by atoms with Crippen molar-refractivity contribution in [2.75, 3.05) is 12.3 Å². The van der Waals surface area contributed by atoms with Gasteiger partial charge in [-0.2, -0.15) is 0 Å². The highest BCUT2D eigenvalue weighted by Gasteiger charge is 2.21. The molecule has 1 rings (SSSR count). The van der Waals surface area contributed by atoms with Gasteiger partial charge in [-0.3, -0.25) is 0 Å². The summed E-state index contributed by atoms with van der Waals surface area (Å²) in [5.74, 6) is 0. The van der Waals surface area contributed by atoms with Gasteiger partial charge in [-0.15, -0.1) is 0 Å². The van der Waals surface area contributed by atoms with E-state index in [1.165, 1.54) is 0 Å². The number of aliphatic hydroxyl groups excluding tert-OH is 1. The molecule has 1 aromatic carbocycles. The fraction of sp³-hybridized carbons (Fsp3) is 0.400. The van der Waals surface area contributed by atoms with Gasteiger partial charge in [0.15, 0.2) is 0 Å². The fourth-order valence-electron chi connectivity index (χ4n) is 1.34. The second-order valence-corrected chi connectivity index (χ2v) is 3.65. The second-order valence-electron chi connectivity index (χ2n) is 3.65. The van der Waals surface area contributed by atoms with E-state index >= 15 is 0 Å². The molecule has 0 spiro atoms. The van der Waals surface area contributed by atoms with Crippen molar-refractivity contribution in [2.45, 2.75) is 19.4 Å². The number of anilines is 1. The molecule has 0 aromatic heterocycles. The van der Waals surface area contributed by atoms with E-state index in [0.717, 1.165) is 11.1 Å². The van der Waals surface area contributed by atoms with Gasteiger partial charge in [-0.25, -0.2) is 0 Å². The lowest BCUT2D eigenvalue weighted by Crippen LogP contribution is -2.37. The first-order chi connectivity index (χ1) is 5.97. The molecule has 72 valence electrons. The molecule has 0 aliphatic rings. The van der Waals surface area contributed by atoms with E-state index < -0.39 is 5.54 Å². The molecule has 0 fully saturated rings. The van der Waals surface area contributed by atoms with Crippen LogP contribution in [0.25, 0.3) is 0 Å². The average molecular weight is 180 g/mol. The molecule has 0 aliphatic heterocycles. The average Bonchev–Trinajstić information content (AvgIpc) is 2.09.